The Morgan fingerprint density at radius 2 is 1.80 bits per heavy atom. The number of ketones is 1. The Bertz CT molecular complexity index is 1050. The van der Waals surface area contributed by atoms with E-state index in [-0.39, 0.29) is 11.7 Å². The topological polar surface area (TPSA) is 80.0 Å². The molecular weight excluding hydrogens is 316 g/mol. The maximum absolute atomic E-state index is 12.9. The van der Waals surface area contributed by atoms with E-state index >= 15 is 0 Å². The lowest BCUT2D eigenvalue weighted by Gasteiger charge is -2.05. The number of para-hydroxylation sites is 2. The highest BCUT2D eigenvalue weighted by molar-refractivity contribution is 6.05. The average molecular weight is 328 g/mol. The highest BCUT2D eigenvalue weighted by atomic mass is 16.4. The maximum atomic E-state index is 12.9. The van der Waals surface area contributed by atoms with Gasteiger partial charge in [-0.3, -0.25) is 4.79 Å². The first-order valence-electron chi connectivity index (χ1n) is 7.70. The van der Waals surface area contributed by atoms with Gasteiger partial charge in [0.05, 0.1) is 12.3 Å². The summed E-state index contributed by atoms with van der Waals surface area (Å²) >= 11 is 0. The normalized spacial score (nSPS) is 12.0. The van der Waals surface area contributed by atoms with E-state index in [9.17, 15) is 10.1 Å². The van der Waals surface area contributed by atoms with Gasteiger partial charge in [-0.25, -0.2) is 4.98 Å². The molecule has 0 unspecified atom stereocenters. The number of aromatic nitrogens is 1. The van der Waals surface area contributed by atoms with Crippen LogP contribution in [0.15, 0.2) is 75.8 Å². The Hall–Kier alpha value is -3.65. The fourth-order valence-electron chi connectivity index (χ4n) is 2.72. The van der Waals surface area contributed by atoms with Crippen molar-refractivity contribution in [2.45, 2.75) is 5.92 Å². The maximum Gasteiger partial charge on any atom is 0.225 e. The zero-order chi connectivity index (χ0) is 17.2. The molecule has 0 aliphatic carbocycles. The number of hydrogen-bond donors (Lipinski definition) is 0. The van der Waals surface area contributed by atoms with Gasteiger partial charge in [-0.15, -0.1) is 0 Å². The van der Waals surface area contributed by atoms with Crippen LogP contribution in [0.3, 0.4) is 0 Å². The van der Waals surface area contributed by atoms with Gasteiger partial charge in [0.15, 0.2) is 17.3 Å². The summed E-state index contributed by atoms with van der Waals surface area (Å²) in [6.07, 6.45) is 1.44. The average Bonchev–Trinajstić information content (AvgIpc) is 3.30. The minimum absolute atomic E-state index is 0.0733. The van der Waals surface area contributed by atoms with E-state index in [1.54, 1.807) is 24.3 Å². The van der Waals surface area contributed by atoms with Gasteiger partial charge >= 0.3 is 0 Å². The molecule has 0 bridgehead atoms. The first-order valence-corrected chi connectivity index (χ1v) is 7.70. The molecular formula is C20H12N2O3. The number of rotatable bonds is 4. The van der Waals surface area contributed by atoms with Crippen LogP contribution in [0.1, 0.15) is 22.4 Å². The Morgan fingerprint density at radius 3 is 2.56 bits per heavy atom. The molecule has 0 fully saturated rings. The molecule has 0 N–H and O–H groups in total. The van der Waals surface area contributed by atoms with Crippen molar-refractivity contribution < 1.29 is 13.6 Å². The SMILES string of the molecule is N#C[C@@H](C(=O)c1occc1-c1ccccc1)c1nc2ccccc2o1. The van der Waals surface area contributed by atoms with Crippen LogP contribution in [0.25, 0.3) is 22.2 Å². The number of nitriles is 1. The van der Waals surface area contributed by atoms with Gasteiger partial charge in [-0.2, -0.15) is 5.26 Å². The third-order valence-electron chi connectivity index (χ3n) is 3.92. The van der Waals surface area contributed by atoms with Gasteiger partial charge < -0.3 is 8.83 Å². The highest BCUT2D eigenvalue weighted by Crippen LogP contribution is 2.30. The number of carbonyl (C=O) groups is 1. The summed E-state index contributed by atoms with van der Waals surface area (Å²) < 4.78 is 11.0. The number of nitrogens with zero attached hydrogens (tertiary/aromatic N) is 2. The molecule has 0 radical (unpaired) electrons. The van der Waals surface area contributed by atoms with E-state index in [0.29, 0.717) is 16.7 Å². The van der Waals surface area contributed by atoms with Crippen LogP contribution in [0.5, 0.6) is 0 Å². The van der Waals surface area contributed by atoms with Crippen LogP contribution in [-0.4, -0.2) is 10.8 Å². The molecule has 0 spiro atoms. The molecule has 5 heteroatoms. The van der Waals surface area contributed by atoms with Crippen LogP contribution in [-0.2, 0) is 0 Å². The summed E-state index contributed by atoms with van der Waals surface area (Å²) in [4.78, 5) is 17.2. The van der Waals surface area contributed by atoms with Crippen LogP contribution in [0, 0.1) is 11.3 Å². The minimum atomic E-state index is -1.17. The van der Waals surface area contributed by atoms with Crippen LogP contribution >= 0.6 is 0 Å². The number of Topliss-reactive ketones (excluding diaryl/α,β-unsaturated/α-hetero) is 1. The molecule has 2 aromatic heterocycles. The Morgan fingerprint density at radius 1 is 1.04 bits per heavy atom. The molecule has 0 saturated heterocycles. The molecule has 4 aromatic rings. The van der Waals surface area contributed by atoms with Gasteiger partial charge in [0, 0.05) is 5.56 Å². The zero-order valence-corrected chi connectivity index (χ0v) is 13.0. The summed E-state index contributed by atoms with van der Waals surface area (Å²) in [5.74, 6) is -1.44. The van der Waals surface area contributed by atoms with Gasteiger partial charge in [0.1, 0.15) is 5.52 Å². The van der Waals surface area contributed by atoms with E-state index in [1.807, 2.05) is 42.5 Å². The van der Waals surface area contributed by atoms with Crippen molar-refractivity contribution in [2.75, 3.05) is 0 Å². The largest absolute Gasteiger partial charge is 0.461 e. The van der Waals surface area contributed by atoms with E-state index in [4.69, 9.17) is 8.83 Å². The summed E-state index contributed by atoms with van der Waals surface area (Å²) in [7, 11) is 0. The molecule has 4 rings (SSSR count). The van der Waals surface area contributed by atoms with E-state index < -0.39 is 11.7 Å². The first kappa shape index (κ1) is 14.9. The van der Waals surface area contributed by atoms with Gasteiger partial charge in [-0.05, 0) is 23.8 Å². The monoisotopic (exact) mass is 328 g/mol. The first-order chi connectivity index (χ1) is 12.3. The van der Waals surface area contributed by atoms with Gasteiger partial charge in [0.25, 0.3) is 0 Å². The molecule has 0 aliphatic heterocycles. The van der Waals surface area contributed by atoms with Crippen molar-refractivity contribution in [1.82, 2.24) is 4.98 Å². The fourth-order valence-corrected chi connectivity index (χ4v) is 2.72. The summed E-state index contributed by atoms with van der Waals surface area (Å²) in [5, 5.41) is 9.52. The predicted molar refractivity (Wildman–Crippen MR) is 90.8 cm³/mol. The van der Waals surface area contributed by atoms with Gasteiger partial charge in [0.2, 0.25) is 11.7 Å². The molecule has 5 nitrogen and oxygen atoms in total. The summed E-state index contributed by atoms with van der Waals surface area (Å²) in [5.41, 5.74) is 2.62. The van der Waals surface area contributed by atoms with Crippen LogP contribution in [0.2, 0.25) is 0 Å². The summed E-state index contributed by atoms with van der Waals surface area (Å²) in [6, 6.07) is 20.2. The highest BCUT2D eigenvalue weighted by Gasteiger charge is 2.31. The van der Waals surface area contributed by atoms with Crippen LogP contribution < -0.4 is 0 Å². The quantitative estimate of drug-likeness (QED) is 0.512. The van der Waals surface area contributed by atoms with E-state index in [0.717, 1.165) is 5.56 Å². The second-order valence-corrected chi connectivity index (χ2v) is 5.48. The number of hydrogen-bond acceptors (Lipinski definition) is 5. The summed E-state index contributed by atoms with van der Waals surface area (Å²) in [6.45, 7) is 0. The van der Waals surface area contributed by atoms with E-state index in [1.165, 1.54) is 6.26 Å². The van der Waals surface area contributed by atoms with Crippen molar-refractivity contribution in [3.8, 4) is 17.2 Å². The third-order valence-corrected chi connectivity index (χ3v) is 3.92. The fraction of sp³-hybridized carbons (Fsp3) is 0.0500. The number of oxazole rings is 1. The molecule has 0 amide bonds. The van der Waals surface area contributed by atoms with E-state index in [2.05, 4.69) is 4.98 Å². The molecule has 25 heavy (non-hydrogen) atoms. The van der Waals surface area contributed by atoms with Crippen molar-refractivity contribution in [3.63, 3.8) is 0 Å². The Balaban J connectivity index is 1.75. The lowest BCUT2D eigenvalue weighted by atomic mass is 9.98. The molecule has 0 saturated carbocycles. The lowest BCUT2D eigenvalue weighted by Crippen LogP contribution is -2.11. The third kappa shape index (κ3) is 2.60. The Labute approximate surface area is 143 Å². The molecule has 120 valence electrons. The standard InChI is InChI=1S/C20H12N2O3/c21-12-15(20-22-16-8-4-5-9-17(16)25-20)18(23)19-14(10-11-24-19)13-6-2-1-3-7-13/h1-11,15H/t15-/m0/s1. The van der Waals surface area contributed by atoms with Crippen molar-refractivity contribution in [1.29, 1.82) is 5.26 Å². The lowest BCUT2D eigenvalue weighted by molar-refractivity contribution is 0.0944. The number of furan rings is 1. The zero-order valence-electron chi connectivity index (χ0n) is 13.0. The van der Waals surface area contributed by atoms with Crippen molar-refractivity contribution >= 4 is 16.9 Å². The second kappa shape index (κ2) is 6.10. The predicted octanol–water partition coefficient (Wildman–Crippen LogP) is 4.58. The molecule has 1 atom stereocenters. The molecule has 0 aliphatic rings. The molecule has 2 heterocycles. The molecule has 2 aromatic carbocycles. The number of benzene rings is 2. The Kier molecular flexibility index (Phi) is 3.64. The minimum Gasteiger partial charge on any atom is -0.461 e. The number of carbonyl (C=O) groups excluding carboxylic acids is 1. The van der Waals surface area contributed by atoms with Crippen LogP contribution in [0.4, 0.5) is 0 Å². The van der Waals surface area contributed by atoms with Crippen molar-refractivity contribution in [2.24, 2.45) is 0 Å². The number of fused-ring (bicyclic) bond motifs is 1. The van der Waals surface area contributed by atoms with Crippen molar-refractivity contribution in [3.05, 3.63) is 78.6 Å². The van der Waals surface area contributed by atoms with Gasteiger partial charge in [-0.1, -0.05) is 42.5 Å². The second-order valence-electron chi connectivity index (χ2n) is 5.48. The smallest absolute Gasteiger partial charge is 0.225 e.